The molecule has 0 aliphatic rings. The number of carbonyl (C=O) groups is 1. The standard InChI is InChI=1S/C16H26N2O2/c1-3-10-18(11-5-8-16(17)19)12-9-14-6-4-7-15(13-14)20-2/h4,6-7,13H,3,5,8-12H2,1-2H3,(H2,17,19). The normalized spacial score (nSPS) is 10.8. The van der Waals surface area contributed by atoms with Crippen LogP contribution in [-0.2, 0) is 11.2 Å². The third kappa shape index (κ3) is 6.57. The van der Waals surface area contributed by atoms with Gasteiger partial charge in [-0.1, -0.05) is 19.1 Å². The average molecular weight is 278 g/mol. The molecule has 0 bridgehead atoms. The van der Waals surface area contributed by atoms with Crippen LogP contribution < -0.4 is 10.5 Å². The SMILES string of the molecule is CCCN(CCCC(N)=O)CCc1cccc(OC)c1. The Balaban J connectivity index is 2.42. The van der Waals surface area contributed by atoms with Gasteiger partial charge in [-0.05, 0) is 50.0 Å². The summed E-state index contributed by atoms with van der Waals surface area (Å²) in [6, 6.07) is 8.18. The average Bonchev–Trinajstić information content (AvgIpc) is 2.44. The lowest BCUT2D eigenvalue weighted by Crippen LogP contribution is -2.29. The molecule has 0 aliphatic heterocycles. The van der Waals surface area contributed by atoms with E-state index in [0.29, 0.717) is 6.42 Å². The molecule has 1 aromatic carbocycles. The minimum absolute atomic E-state index is 0.214. The van der Waals surface area contributed by atoms with Crippen molar-refractivity contribution in [3.63, 3.8) is 0 Å². The molecule has 0 unspecified atom stereocenters. The van der Waals surface area contributed by atoms with E-state index in [0.717, 1.165) is 44.6 Å². The Bertz CT molecular complexity index is 407. The summed E-state index contributed by atoms with van der Waals surface area (Å²) >= 11 is 0. The number of ether oxygens (including phenoxy) is 1. The first-order valence-electron chi connectivity index (χ1n) is 7.29. The number of carbonyl (C=O) groups excluding carboxylic acids is 1. The molecule has 4 nitrogen and oxygen atoms in total. The molecule has 0 aromatic heterocycles. The molecule has 0 fully saturated rings. The van der Waals surface area contributed by atoms with Gasteiger partial charge in [0.25, 0.3) is 0 Å². The van der Waals surface area contributed by atoms with Gasteiger partial charge in [0, 0.05) is 13.0 Å². The minimum Gasteiger partial charge on any atom is -0.497 e. The van der Waals surface area contributed by atoms with E-state index in [2.05, 4.69) is 24.0 Å². The topological polar surface area (TPSA) is 55.6 Å². The van der Waals surface area contributed by atoms with Gasteiger partial charge >= 0.3 is 0 Å². The molecule has 0 saturated carbocycles. The van der Waals surface area contributed by atoms with Crippen LogP contribution >= 0.6 is 0 Å². The Labute approximate surface area is 121 Å². The van der Waals surface area contributed by atoms with Crippen LogP contribution in [0.3, 0.4) is 0 Å². The summed E-state index contributed by atoms with van der Waals surface area (Å²) in [6.07, 6.45) is 3.43. The first-order chi connectivity index (χ1) is 9.65. The van der Waals surface area contributed by atoms with Crippen LogP contribution in [0.25, 0.3) is 0 Å². The van der Waals surface area contributed by atoms with Gasteiger partial charge in [0.2, 0.25) is 5.91 Å². The number of primary amides is 1. The van der Waals surface area contributed by atoms with Crippen LogP contribution in [0.1, 0.15) is 31.7 Å². The molecular weight excluding hydrogens is 252 g/mol. The molecule has 112 valence electrons. The zero-order valence-corrected chi connectivity index (χ0v) is 12.6. The van der Waals surface area contributed by atoms with Gasteiger partial charge in [0.05, 0.1) is 7.11 Å². The van der Waals surface area contributed by atoms with Gasteiger partial charge < -0.3 is 15.4 Å². The van der Waals surface area contributed by atoms with Crippen molar-refractivity contribution in [3.8, 4) is 5.75 Å². The van der Waals surface area contributed by atoms with Crippen molar-refractivity contribution in [3.05, 3.63) is 29.8 Å². The molecule has 4 heteroatoms. The highest BCUT2D eigenvalue weighted by molar-refractivity contribution is 5.73. The Morgan fingerprint density at radius 1 is 1.30 bits per heavy atom. The number of methoxy groups -OCH3 is 1. The van der Waals surface area contributed by atoms with Gasteiger partial charge in [-0.2, -0.15) is 0 Å². The van der Waals surface area contributed by atoms with Gasteiger partial charge in [-0.25, -0.2) is 0 Å². The number of hydrogen-bond donors (Lipinski definition) is 1. The smallest absolute Gasteiger partial charge is 0.217 e. The maximum atomic E-state index is 10.8. The molecule has 0 saturated heterocycles. The van der Waals surface area contributed by atoms with Gasteiger partial charge in [-0.3, -0.25) is 4.79 Å². The Hall–Kier alpha value is -1.55. The van der Waals surface area contributed by atoms with Crippen molar-refractivity contribution in [2.24, 2.45) is 5.73 Å². The highest BCUT2D eigenvalue weighted by Gasteiger charge is 2.05. The third-order valence-corrected chi connectivity index (χ3v) is 3.29. The summed E-state index contributed by atoms with van der Waals surface area (Å²) in [5, 5.41) is 0. The molecule has 0 radical (unpaired) electrons. The highest BCUT2D eigenvalue weighted by Crippen LogP contribution is 2.13. The predicted octanol–water partition coefficient (Wildman–Crippen LogP) is 2.22. The van der Waals surface area contributed by atoms with Crippen molar-refractivity contribution < 1.29 is 9.53 Å². The van der Waals surface area contributed by atoms with Crippen LogP contribution in [0.4, 0.5) is 0 Å². The first kappa shape index (κ1) is 16.5. The number of hydrogen-bond acceptors (Lipinski definition) is 3. The fraction of sp³-hybridized carbons (Fsp3) is 0.562. The molecule has 0 heterocycles. The second-order valence-corrected chi connectivity index (χ2v) is 5.01. The van der Waals surface area contributed by atoms with Crippen LogP contribution in [0.15, 0.2) is 24.3 Å². The van der Waals surface area contributed by atoms with E-state index >= 15 is 0 Å². The summed E-state index contributed by atoms with van der Waals surface area (Å²) in [6.45, 7) is 5.16. The Morgan fingerprint density at radius 2 is 2.10 bits per heavy atom. The largest absolute Gasteiger partial charge is 0.497 e. The van der Waals surface area contributed by atoms with Crippen molar-refractivity contribution in [2.75, 3.05) is 26.7 Å². The molecule has 0 spiro atoms. The van der Waals surface area contributed by atoms with Gasteiger partial charge in [0.15, 0.2) is 0 Å². The second kappa shape index (κ2) is 9.37. The van der Waals surface area contributed by atoms with Crippen LogP contribution in [0.2, 0.25) is 0 Å². The summed E-state index contributed by atoms with van der Waals surface area (Å²) in [5.41, 5.74) is 6.46. The summed E-state index contributed by atoms with van der Waals surface area (Å²) < 4.78 is 5.24. The molecule has 0 atom stereocenters. The van der Waals surface area contributed by atoms with E-state index in [-0.39, 0.29) is 5.91 Å². The monoisotopic (exact) mass is 278 g/mol. The van der Waals surface area contributed by atoms with E-state index in [1.165, 1.54) is 5.56 Å². The van der Waals surface area contributed by atoms with E-state index in [1.54, 1.807) is 7.11 Å². The van der Waals surface area contributed by atoms with Crippen LogP contribution in [0, 0.1) is 0 Å². The lowest BCUT2D eigenvalue weighted by molar-refractivity contribution is -0.118. The minimum atomic E-state index is -0.214. The number of rotatable bonds is 10. The Kier molecular flexibility index (Phi) is 7.73. The second-order valence-electron chi connectivity index (χ2n) is 5.01. The van der Waals surface area contributed by atoms with Crippen molar-refractivity contribution in [1.29, 1.82) is 0 Å². The van der Waals surface area contributed by atoms with Crippen LogP contribution in [-0.4, -0.2) is 37.6 Å². The molecule has 2 N–H and O–H groups in total. The van der Waals surface area contributed by atoms with Crippen LogP contribution in [0.5, 0.6) is 5.75 Å². The van der Waals surface area contributed by atoms with Gasteiger partial charge in [-0.15, -0.1) is 0 Å². The summed E-state index contributed by atoms with van der Waals surface area (Å²) in [5.74, 6) is 0.688. The quantitative estimate of drug-likeness (QED) is 0.714. The molecule has 0 aliphatic carbocycles. The number of amides is 1. The molecular formula is C16H26N2O2. The van der Waals surface area contributed by atoms with E-state index in [4.69, 9.17) is 10.5 Å². The maximum absolute atomic E-state index is 10.8. The fourth-order valence-electron chi connectivity index (χ4n) is 2.24. The zero-order chi connectivity index (χ0) is 14.8. The van der Waals surface area contributed by atoms with Crippen molar-refractivity contribution in [1.82, 2.24) is 4.90 Å². The van der Waals surface area contributed by atoms with Gasteiger partial charge in [0.1, 0.15) is 5.75 Å². The highest BCUT2D eigenvalue weighted by atomic mass is 16.5. The summed E-state index contributed by atoms with van der Waals surface area (Å²) in [7, 11) is 1.69. The lowest BCUT2D eigenvalue weighted by atomic mass is 10.1. The molecule has 1 aromatic rings. The summed E-state index contributed by atoms with van der Waals surface area (Å²) in [4.78, 5) is 13.2. The zero-order valence-electron chi connectivity index (χ0n) is 12.6. The third-order valence-electron chi connectivity index (χ3n) is 3.29. The Morgan fingerprint density at radius 3 is 2.75 bits per heavy atom. The number of nitrogens with zero attached hydrogens (tertiary/aromatic N) is 1. The predicted molar refractivity (Wildman–Crippen MR) is 81.9 cm³/mol. The molecule has 20 heavy (non-hydrogen) atoms. The van der Waals surface area contributed by atoms with Crippen molar-refractivity contribution >= 4 is 5.91 Å². The molecule has 1 amide bonds. The number of nitrogens with two attached hydrogens (primary N) is 1. The van der Waals surface area contributed by atoms with E-state index in [9.17, 15) is 4.79 Å². The fourth-order valence-corrected chi connectivity index (χ4v) is 2.24. The first-order valence-corrected chi connectivity index (χ1v) is 7.29. The number of benzene rings is 1. The van der Waals surface area contributed by atoms with E-state index in [1.807, 2.05) is 12.1 Å². The van der Waals surface area contributed by atoms with E-state index < -0.39 is 0 Å². The lowest BCUT2D eigenvalue weighted by Gasteiger charge is -2.21. The van der Waals surface area contributed by atoms with Crippen molar-refractivity contribution in [2.45, 2.75) is 32.6 Å². The molecule has 1 rings (SSSR count). The maximum Gasteiger partial charge on any atom is 0.217 e.